The van der Waals surface area contributed by atoms with E-state index in [0.29, 0.717) is 10.0 Å². The van der Waals surface area contributed by atoms with Gasteiger partial charge in [0, 0.05) is 22.6 Å². The first kappa shape index (κ1) is 16.4. The molecular formula is C16H20Cl2N2O. The SMILES string of the molecule is CC(NCC(c1ccco1)N(C)C)c1ccc(Cl)cc1Cl. The van der Waals surface area contributed by atoms with Crippen molar-refractivity contribution in [2.75, 3.05) is 20.6 Å². The second kappa shape index (κ2) is 7.32. The van der Waals surface area contributed by atoms with Gasteiger partial charge in [0.25, 0.3) is 0 Å². The Balaban J connectivity index is 2.03. The molecule has 5 heteroatoms. The lowest BCUT2D eigenvalue weighted by Gasteiger charge is -2.25. The summed E-state index contributed by atoms with van der Waals surface area (Å²) in [5.74, 6) is 0.946. The third-order valence-corrected chi connectivity index (χ3v) is 4.10. The molecule has 0 aliphatic carbocycles. The summed E-state index contributed by atoms with van der Waals surface area (Å²) in [6.07, 6.45) is 1.70. The summed E-state index contributed by atoms with van der Waals surface area (Å²) in [5, 5.41) is 4.83. The molecule has 2 unspecified atom stereocenters. The summed E-state index contributed by atoms with van der Waals surface area (Å²) < 4.78 is 5.51. The van der Waals surface area contributed by atoms with E-state index in [2.05, 4.69) is 17.1 Å². The largest absolute Gasteiger partial charge is 0.468 e. The predicted octanol–water partition coefficient (Wildman–Crippen LogP) is 4.54. The Hall–Kier alpha value is -1.000. The second-order valence-corrected chi connectivity index (χ2v) is 6.13. The molecule has 0 saturated carbocycles. The van der Waals surface area contributed by atoms with Gasteiger partial charge in [0.1, 0.15) is 5.76 Å². The zero-order chi connectivity index (χ0) is 15.4. The van der Waals surface area contributed by atoms with Crippen molar-refractivity contribution in [3.63, 3.8) is 0 Å². The normalized spacial score (nSPS) is 14.4. The van der Waals surface area contributed by atoms with Gasteiger partial charge in [0.2, 0.25) is 0 Å². The zero-order valence-electron chi connectivity index (χ0n) is 12.4. The fraction of sp³-hybridized carbons (Fsp3) is 0.375. The lowest BCUT2D eigenvalue weighted by atomic mass is 10.1. The highest BCUT2D eigenvalue weighted by atomic mass is 35.5. The third kappa shape index (κ3) is 4.24. The lowest BCUT2D eigenvalue weighted by molar-refractivity contribution is 0.245. The van der Waals surface area contributed by atoms with Crippen LogP contribution in [0, 0.1) is 0 Å². The predicted molar refractivity (Wildman–Crippen MR) is 88.0 cm³/mol. The number of nitrogens with one attached hydrogen (secondary N) is 1. The molecule has 0 amide bonds. The van der Waals surface area contributed by atoms with Crippen LogP contribution in [0.4, 0.5) is 0 Å². The van der Waals surface area contributed by atoms with E-state index in [1.54, 1.807) is 12.3 Å². The Bertz CT molecular complexity index is 570. The van der Waals surface area contributed by atoms with Crippen LogP contribution in [0.3, 0.4) is 0 Å². The second-order valence-electron chi connectivity index (χ2n) is 5.29. The fourth-order valence-corrected chi connectivity index (χ4v) is 2.84. The van der Waals surface area contributed by atoms with Crippen LogP contribution in [0.15, 0.2) is 41.0 Å². The van der Waals surface area contributed by atoms with Crippen LogP contribution in [-0.2, 0) is 0 Å². The molecule has 0 aliphatic rings. The third-order valence-electron chi connectivity index (χ3n) is 3.54. The molecule has 0 aliphatic heterocycles. The lowest BCUT2D eigenvalue weighted by Crippen LogP contribution is -2.32. The van der Waals surface area contributed by atoms with Crippen LogP contribution in [0.2, 0.25) is 10.0 Å². The maximum absolute atomic E-state index is 6.25. The summed E-state index contributed by atoms with van der Waals surface area (Å²) >= 11 is 12.2. The van der Waals surface area contributed by atoms with Crippen LogP contribution in [0.1, 0.15) is 30.3 Å². The highest BCUT2D eigenvalue weighted by molar-refractivity contribution is 6.35. The van der Waals surface area contributed by atoms with Crippen molar-refractivity contribution in [2.45, 2.75) is 19.0 Å². The Morgan fingerprint density at radius 2 is 2.00 bits per heavy atom. The van der Waals surface area contributed by atoms with Crippen LogP contribution >= 0.6 is 23.2 Å². The summed E-state index contributed by atoms with van der Waals surface area (Å²) in [4.78, 5) is 2.13. The average molecular weight is 327 g/mol. The highest BCUT2D eigenvalue weighted by Gasteiger charge is 2.18. The molecule has 2 rings (SSSR count). The number of rotatable bonds is 6. The van der Waals surface area contributed by atoms with Crippen molar-refractivity contribution in [1.82, 2.24) is 10.2 Å². The molecule has 1 aromatic heterocycles. The molecule has 0 radical (unpaired) electrons. The van der Waals surface area contributed by atoms with Gasteiger partial charge in [0.05, 0.1) is 12.3 Å². The average Bonchev–Trinajstić information content (AvgIpc) is 2.92. The molecule has 1 aromatic carbocycles. The summed E-state index contributed by atoms with van der Waals surface area (Å²) in [6.45, 7) is 2.85. The molecule has 0 bridgehead atoms. The Morgan fingerprint density at radius 1 is 1.24 bits per heavy atom. The zero-order valence-corrected chi connectivity index (χ0v) is 13.9. The Morgan fingerprint density at radius 3 is 2.57 bits per heavy atom. The van der Waals surface area contributed by atoms with E-state index >= 15 is 0 Å². The van der Waals surface area contributed by atoms with Crippen LogP contribution in [0.25, 0.3) is 0 Å². The molecule has 114 valence electrons. The topological polar surface area (TPSA) is 28.4 Å². The van der Waals surface area contributed by atoms with Crippen LogP contribution in [0.5, 0.6) is 0 Å². The minimum Gasteiger partial charge on any atom is -0.468 e. The summed E-state index contributed by atoms with van der Waals surface area (Å²) in [7, 11) is 4.07. The number of halogens is 2. The van der Waals surface area contributed by atoms with Gasteiger partial charge < -0.3 is 9.73 Å². The van der Waals surface area contributed by atoms with Crippen molar-refractivity contribution in [3.05, 3.63) is 58.0 Å². The van der Waals surface area contributed by atoms with Crippen molar-refractivity contribution in [3.8, 4) is 0 Å². The first-order valence-electron chi connectivity index (χ1n) is 6.87. The standard InChI is InChI=1S/C16H20Cl2N2O/c1-11(13-7-6-12(17)9-14(13)18)19-10-15(20(2)3)16-5-4-8-21-16/h4-9,11,15,19H,10H2,1-3H3. The monoisotopic (exact) mass is 326 g/mol. The van der Waals surface area contributed by atoms with Crippen molar-refractivity contribution in [1.29, 1.82) is 0 Å². The van der Waals surface area contributed by atoms with Crippen molar-refractivity contribution >= 4 is 23.2 Å². The molecule has 3 nitrogen and oxygen atoms in total. The molecule has 1 N–H and O–H groups in total. The van der Waals surface area contributed by atoms with Crippen LogP contribution in [-0.4, -0.2) is 25.5 Å². The van der Waals surface area contributed by atoms with Crippen LogP contribution < -0.4 is 5.32 Å². The quantitative estimate of drug-likeness (QED) is 0.844. The number of nitrogens with zero attached hydrogens (tertiary/aromatic N) is 1. The number of furan rings is 1. The van der Waals surface area contributed by atoms with Gasteiger partial charge in [-0.2, -0.15) is 0 Å². The molecule has 0 spiro atoms. The molecule has 0 saturated heterocycles. The molecule has 21 heavy (non-hydrogen) atoms. The smallest absolute Gasteiger partial charge is 0.122 e. The summed E-state index contributed by atoms with van der Waals surface area (Å²) in [6, 6.07) is 9.79. The maximum atomic E-state index is 6.25. The number of likely N-dealkylation sites (N-methyl/N-ethyl adjacent to an activating group) is 1. The van der Waals surface area contributed by atoms with Gasteiger partial charge >= 0.3 is 0 Å². The van der Waals surface area contributed by atoms with Crippen molar-refractivity contribution < 1.29 is 4.42 Å². The molecule has 1 heterocycles. The summed E-state index contributed by atoms with van der Waals surface area (Å²) in [5.41, 5.74) is 1.04. The van der Waals surface area contributed by atoms with E-state index in [1.807, 2.05) is 38.4 Å². The van der Waals surface area contributed by atoms with Gasteiger partial charge in [-0.25, -0.2) is 0 Å². The molecule has 2 aromatic rings. The fourth-order valence-electron chi connectivity index (χ4n) is 2.27. The van der Waals surface area contributed by atoms with Gasteiger partial charge in [0.15, 0.2) is 0 Å². The maximum Gasteiger partial charge on any atom is 0.122 e. The van der Waals surface area contributed by atoms with Crippen molar-refractivity contribution in [2.24, 2.45) is 0 Å². The Labute approximate surface area is 135 Å². The van der Waals surface area contributed by atoms with E-state index in [0.717, 1.165) is 17.9 Å². The highest BCUT2D eigenvalue weighted by Crippen LogP contribution is 2.27. The van der Waals surface area contributed by atoms with Gasteiger partial charge in [-0.05, 0) is 50.8 Å². The van der Waals surface area contributed by atoms with E-state index in [-0.39, 0.29) is 12.1 Å². The number of hydrogen-bond acceptors (Lipinski definition) is 3. The van der Waals surface area contributed by atoms with E-state index < -0.39 is 0 Å². The minimum atomic E-state index is 0.132. The molecule has 0 fully saturated rings. The Kier molecular flexibility index (Phi) is 5.71. The number of hydrogen-bond donors (Lipinski definition) is 1. The van der Waals surface area contributed by atoms with Gasteiger partial charge in [-0.3, -0.25) is 4.90 Å². The van der Waals surface area contributed by atoms with E-state index in [1.165, 1.54) is 0 Å². The van der Waals surface area contributed by atoms with Gasteiger partial charge in [-0.1, -0.05) is 29.3 Å². The first-order chi connectivity index (χ1) is 9.99. The van der Waals surface area contributed by atoms with Gasteiger partial charge in [-0.15, -0.1) is 0 Å². The van der Waals surface area contributed by atoms with E-state index in [4.69, 9.17) is 27.6 Å². The first-order valence-corrected chi connectivity index (χ1v) is 7.62. The van der Waals surface area contributed by atoms with E-state index in [9.17, 15) is 0 Å². The molecular weight excluding hydrogens is 307 g/mol. The number of benzene rings is 1. The molecule has 2 atom stereocenters. The minimum absolute atomic E-state index is 0.132.